The van der Waals surface area contributed by atoms with E-state index in [0.717, 1.165) is 5.56 Å². The van der Waals surface area contributed by atoms with Crippen molar-refractivity contribution in [2.75, 3.05) is 20.1 Å². The first-order valence-corrected chi connectivity index (χ1v) is 7.75. The molecule has 0 aliphatic rings. The van der Waals surface area contributed by atoms with Crippen molar-refractivity contribution in [1.82, 2.24) is 15.5 Å². The first-order chi connectivity index (χ1) is 10.7. The second-order valence-electron chi connectivity index (χ2n) is 6.14. The van der Waals surface area contributed by atoms with Gasteiger partial charge < -0.3 is 20.3 Å². The molecule has 0 aromatic heterocycles. The lowest BCUT2D eigenvalue weighted by Gasteiger charge is -2.24. The standard InChI is InChI=1S/C16H24ClN3O3/c1-16(2,3)23-15(22)20(4)10-9-18-14(21)19-11-12-5-7-13(17)8-6-12/h5-8H,9-11H2,1-4H3,(H2,18,19,21). The molecule has 0 atom stereocenters. The van der Waals surface area contributed by atoms with Crippen molar-refractivity contribution in [2.45, 2.75) is 32.9 Å². The van der Waals surface area contributed by atoms with Crippen LogP contribution in [0.2, 0.25) is 5.02 Å². The van der Waals surface area contributed by atoms with Gasteiger partial charge in [0.2, 0.25) is 0 Å². The SMILES string of the molecule is CN(CCNC(=O)NCc1ccc(Cl)cc1)C(=O)OC(C)(C)C. The molecule has 0 saturated carbocycles. The van der Waals surface area contributed by atoms with Crippen molar-refractivity contribution in [2.24, 2.45) is 0 Å². The predicted molar refractivity (Wildman–Crippen MR) is 90.6 cm³/mol. The molecule has 0 radical (unpaired) electrons. The van der Waals surface area contributed by atoms with E-state index in [0.29, 0.717) is 24.7 Å². The largest absolute Gasteiger partial charge is 0.444 e. The molecule has 0 heterocycles. The number of rotatable bonds is 5. The lowest BCUT2D eigenvalue weighted by Crippen LogP contribution is -2.42. The highest BCUT2D eigenvalue weighted by Crippen LogP contribution is 2.09. The van der Waals surface area contributed by atoms with Gasteiger partial charge in [0.15, 0.2) is 0 Å². The first-order valence-electron chi connectivity index (χ1n) is 7.37. The van der Waals surface area contributed by atoms with Crippen LogP contribution in [-0.4, -0.2) is 42.8 Å². The van der Waals surface area contributed by atoms with Crippen molar-refractivity contribution >= 4 is 23.7 Å². The lowest BCUT2D eigenvalue weighted by molar-refractivity contribution is 0.0301. The minimum Gasteiger partial charge on any atom is -0.444 e. The van der Waals surface area contributed by atoms with Crippen molar-refractivity contribution in [3.05, 3.63) is 34.9 Å². The zero-order chi connectivity index (χ0) is 17.5. The number of urea groups is 1. The van der Waals surface area contributed by atoms with E-state index < -0.39 is 11.7 Å². The smallest absolute Gasteiger partial charge is 0.410 e. The van der Waals surface area contributed by atoms with Crippen LogP contribution in [0.25, 0.3) is 0 Å². The molecular formula is C16H24ClN3O3. The summed E-state index contributed by atoms with van der Waals surface area (Å²) in [6.07, 6.45) is -0.416. The van der Waals surface area contributed by atoms with Gasteiger partial charge in [-0.15, -0.1) is 0 Å². The average molecular weight is 342 g/mol. The summed E-state index contributed by atoms with van der Waals surface area (Å²) >= 11 is 5.80. The molecule has 0 spiro atoms. The molecule has 128 valence electrons. The van der Waals surface area contributed by atoms with E-state index >= 15 is 0 Å². The van der Waals surface area contributed by atoms with Crippen LogP contribution in [-0.2, 0) is 11.3 Å². The highest BCUT2D eigenvalue weighted by molar-refractivity contribution is 6.30. The summed E-state index contributed by atoms with van der Waals surface area (Å²) < 4.78 is 5.22. The lowest BCUT2D eigenvalue weighted by atomic mass is 10.2. The minimum atomic E-state index is -0.533. The van der Waals surface area contributed by atoms with Crippen LogP contribution in [0.3, 0.4) is 0 Å². The Hall–Kier alpha value is -1.95. The molecular weight excluding hydrogens is 318 g/mol. The number of hydrogen-bond donors (Lipinski definition) is 2. The molecule has 0 aliphatic heterocycles. The summed E-state index contributed by atoms with van der Waals surface area (Å²) in [7, 11) is 1.63. The Morgan fingerprint density at radius 3 is 2.35 bits per heavy atom. The number of hydrogen-bond acceptors (Lipinski definition) is 3. The van der Waals surface area contributed by atoms with Gasteiger partial charge in [-0.25, -0.2) is 9.59 Å². The van der Waals surface area contributed by atoms with Gasteiger partial charge in [0.05, 0.1) is 0 Å². The molecule has 1 aromatic carbocycles. The summed E-state index contributed by atoms with van der Waals surface area (Å²) in [4.78, 5) is 24.8. The van der Waals surface area contributed by atoms with Gasteiger partial charge >= 0.3 is 12.1 Å². The van der Waals surface area contributed by atoms with E-state index in [1.165, 1.54) is 4.90 Å². The summed E-state index contributed by atoms with van der Waals surface area (Å²) in [5, 5.41) is 6.08. The fraction of sp³-hybridized carbons (Fsp3) is 0.500. The van der Waals surface area contributed by atoms with E-state index in [2.05, 4.69) is 10.6 Å². The highest BCUT2D eigenvalue weighted by atomic mass is 35.5. The molecule has 0 bridgehead atoms. The zero-order valence-corrected chi connectivity index (χ0v) is 14.7. The molecule has 6 nitrogen and oxygen atoms in total. The number of ether oxygens (including phenoxy) is 1. The molecule has 2 N–H and O–H groups in total. The second-order valence-corrected chi connectivity index (χ2v) is 6.57. The summed E-state index contributed by atoms with van der Waals surface area (Å²) in [5.74, 6) is 0. The van der Waals surface area contributed by atoms with Gasteiger partial charge in [-0.05, 0) is 38.5 Å². The molecule has 1 aromatic rings. The fourth-order valence-corrected chi connectivity index (χ4v) is 1.74. The maximum absolute atomic E-state index is 11.7. The van der Waals surface area contributed by atoms with Crippen LogP contribution in [0.1, 0.15) is 26.3 Å². The van der Waals surface area contributed by atoms with E-state index in [1.807, 2.05) is 12.1 Å². The van der Waals surface area contributed by atoms with Crippen LogP contribution < -0.4 is 10.6 Å². The Balaban J connectivity index is 2.23. The quantitative estimate of drug-likeness (QED) is 0.864. The van der Waals surface area contributed by atoms with Crippen LogP contribution >= 0.6 is 11.6 Å². The van der Waals surface area contributed by atoms with Crippen LogP contribution in [0, 0.1) is 0 Å². The van der Waals surface area contributed by atoms with Gasteiger partial charge in [0, 0.05) is 31.7 Å². The van der Waals surface area contributed by atoms with Gasteiger partial charge in [0.1, 0.15) is 5.60 Å². The Morgan fingerprint density at radius 2 is 1.78 bits per heavy atom. The molecule has 3 amide bonds. The van der Waals surface area contributed by atoms with Gasteiger partial charge in [0.25, 0.3) is 0 Å². The number of benzene rings is 1. The molecule has 0 aliphatic carbocycles. The Kier molecular flexibility index (Phi) is 7.16. The highest BCUT2D eigenvalue weighted by Gasteiger charge is 2.19. The van der Waals surface area contributed by atoms with Crippen molar-refractivity contribution in [3.8, 4) is 0 Å². The number of likely N-dealkylation sites (N-methyl/N-ethyl adjacent to an activating group) is 1. The molecule has 0 fully saturated rings. The maximum Gasteiger partial charge on any atom is 0.410 e. The predicted octanol–water partition coefficient (Wildman–Crippen LogP) is 3.01. The minimum absolute atomic E-state index is 0.294. The number of amides is 3. The van der Waals surface area contributed by atoms with E-state index in [9.17, 15) is 9.59 Å². The number of nitrogens with one attached hydrogen (secondary N) is 2. The molecule has 0 unspecified atom stereocenters. The van der Waals surface area contributed by atoms with Gasteiger partial charge in [-0.1, -0.05) is 23.7 Å². The van der Waals surface area contributed by atoms with Gasteiger partial charge in [-0.2, -0.15) is 0 Å². The topological polar surface area (TPSA) is 70.7 Å². The number of carbonyl (C=O) groups is 2. The summed E-state index contributed by atoms with van der Waals surface area (Å²) in [6.45, 7) is 6.53. The van der Waals surface area contributed by atoms with Crippen molar-refractivity contribution in [3.63, 3.8) is 0 Å². The summed E-state index contributed by atoms with van der Waals surface area (Å²) in [6, 6.07) is 6.94. The molecule has 7 heteroatoms. The monoisotopic (exact) mass is 341 g/mol. The Labute approximate surface area is 142 Å². The third-order valence-corrected chi connectivity index (χ3v) is 3.06. The second kappa shape index (κ2) is 8.62. The first kappa shape index (κ1) is 19.1. The molecule has 0 saturated heterocycles. The molecule has 1 rings (SSSR count). The zero-order valence-electron chi connectivity index (χ0n) is 14.0. The average Bonchev–Trinajstić information content (AvgIpc) is 2.44. The van der Waals surface area contributed by atoms with E-state index in [1.54, 1.807) is 40.0 Å². The van der Waals surface area contributed by atoms with Crippen LogP contribution in [0.5, 0.6) is 0 Å². The Bertz CT molecular complexity index is 526. The normalized spacial score (nSPS) is 10.8. The summed E-state index contributed by atoms with van der Waals surface area (Å²) in [5.41, 5.74) is 0.421. The van der Waals surface area contributed by atoms with Gasteiger partial charge in [-0.3, -0.25) is 0 Å². The number of carbonyl (C=O) groups excluding carboxylic acids is 2. The van der Waals surface area contributed by atoms with Crippen LogP contribution in [0.15, 0.2) is 24.3 Å². The van der Waals surface area contributed by atoms with Crippen LogP contribution in [0.4, 0.5) is 9.59 Å². The third kappa shape index (κ3) is 8.30. The fourth-order valence-electron chi connectivity index (χ4n) is 1.62. The van der Waals surface area contributed by atoms with E-state index in [4.69, 9.17) is 16.3 Å². The maximum atomic E-state index is 11.7. The number of halogens is 1. The Morgan fingerprint density at radius 1 is 1.17 bits per heavy atom. The molecule has 23 heavy (non-hydrogen) atoms. The van der Waals surface area contributed by atoms with Crippen molar-refractivity contribution < 1.29 is 14.3 Å². The number of nitrogens with zero attached hydrogens (tertiary/aromatic N) is 1. The third-order valence-electron chi connectivity index (χ3n) is 2.80. The van der Waals surface area contributed by atoms with Crippen molar-refractivity contribution in [1.29, 1.82) is 0 Å². The van der Waals surface area contributed by atoms with E-state index in [-0.39, 0.29) is 6.03 Å².